The van der Waals surface area contributed by atoms with Crippen LogP contribution in [0.5, 0.6) is 5.88 Å². The van der Waals surface area contributed by atoms with Gasteiger partial charge in [-0.05, 0) is 0 Å². The van der Waals surface area contributed by atoms with Crippen LogP contribution >= 0.6 is 11.6 Å². The number of hydrogen-bond acceptors (Lipinski definition) is 4. The van der Waals surface area contributed by atoms with Crippen LogP contribution in [0.4, 0.5) is 0 Å². The van der Waals surface area contributed by atoms with Crippen molar-refractivity contribution in [2.75, 3.05) is 20.3 Å². The fourth-order valence-corrected chi connectivity index (χ4v) is 1.21. The number of halogens is 1. The molecule has 0 aliphatic rings. The van der Waals surface area contributed by atoms with E-state index in [9.17, 15) is 0 Å². The molecule has 90 valence electrons. The maximum absolute atomic E-state index is 5.91. The zero-order valence-electron chi connectivity index (χ0n) is 10.1. The van der Waals surface area contributed by atoms with Crippen LogP contribution in [0.25, 0.3) is 0 Å². The molecule has 16 heavy (non-hydrogen) atoms. The first-order valence-electron chi connectivity index (χ1n) is 5.10. The molecule has 0 unspecified atom stereocenters. The standard InChI is InChI=1S/C11H17ClN2O2/c1-11(2,3)10-13-8(12)7-9(14-10)16-6-5-15-4/h7H,5-6H2,1-4H3. The zero-order valence-corrected chi connectivity index (χ0v) is 10.8. The summed E-state index contributed by atoms with van der Waals surface area (Å²) >= 11 is 5.91. The maximum atomic E-state index is 5.91. The van der Waals surface area contributed by atoms with Crippen LogP contribution in [0.15, 0.2) is 6.07 Å². The number of methoxy groups -OCH3 is 1. The molecule has 0 N–H and O–H groups in total. The molecule has 0 bridgehead atoms. The highest BCUT2D eigenvalue weighted by atomic mass is 35.5. The lowest BCUT2D eigenvalue weighted by molar-refractivity contribution is 0.143. The smallest absolute Gasteiger partial charge is 0.218 e. The van der Waals surface area contributed by atoms with Crippen LogP contribution in [0.3, 0.4) is 0 Å². The van der Waals surface area contributed by atoms with Gasteiger partial charge in [-0.3, -0.25) is 0 Å². The average Bonchev–Trinajstić information content (AvgIpc) is 2.16. The van der Waals surface area contributed by atoms with Gasteiger partial charge in [-0.15, -0.1) is 0 Å². The molecular formula is C11H17ClN2O2. The van der Waals surface area contributed by atoms with Crippen LogP contribution in [0.1, 0.15) is 26.6 Å². The number of aromatic nitrogens is 2. The van der Waals surface area contributed by atoms with Gasteiger partial charge in [0.15, 0.2) is 0 Å². The van der Waals surface area contributed by atoms with Crippen LogP contribution in [0.2, 0.25) is 5.15 Å². The second-order valence-corrected chi connectivity index (χ2v) is 4.83. The summed E-state index contributed by atoms with van der Waals surface area (Å²) in [6.07, 6.45) is 0. The second-order valence-electron chi connectivity index (χ2n) is 4.44. The molecule has 0 fully saturated rings. The molecule has 0 saturated carbocycles. The molecule has 1 aromatic rings. The Morgan fingerprint density at radius 2 is 1.94 bits per heavy atom. The molecule has 1 rings (SSSR count). The number of ether oxygens (including phenoxy) is 2. The third kappa shape index (κ3) is 3.94. The van der Waals surface area contributed by atoms with Gasteiger partial charge < -0.3 is 9.47 Å². The Labute approximate surface area is 101 Å². The largest absolute Gasteiger partial charge is 0.475 e. The molecule has 5 heteroatoms. The van der Waals surface area contributed by atoms with Gasteiger partial charge in [0.05, 0.1) is 6.61 Å². The van der Waals surface area contributed by atoms with Crippen LogP contribution in [-0.2, 0) is 10.2 Å². The van der Waals surface area contributed by atoms with Crippen molar-refractivity contribution in [1.82, 2.24) is 9.97 Å². The highest BCUT2D eigenvalue weighted by Crippen LogP contribution is 2.23. The molecular weight excluding hydrogens is 228 g/mol. The topological polar surface area (TPSA) is 44.2 Å². The number of hydrogen-bond donors (Lipinski definition) is 0. The molecule has 1 heterocycles. The van der Waals surface area contributed by atoms with Crippen molar-refractivity contribution in [2.24, 2.45) is 0 Å². The minimum Gasteiger partial charge on any atom is -0.475 e. The number of rotatable bonds is 4. The Balaban J connectivity index is 2.82. The third-order valence-electron chi connectivity index (χ3n) is 1.88. The summed E-state index contributed by atoms with van der Waals surface area (Å²) in [6, 6.07) is 1.60. The molecule has 0 spiro atoms. The Hall–Kier alpha value is -0.870. The summed E-state index contributed by atoms with van der Waals surface area (Å²) < 4.78 is 10.3. The lowest BCUT2D eigenvalue weighted by Crippen LogP contribution is -2.17. The van der Waals surface area contributed by atoms with Gasteiger partial charge in [0, 0.05) is 18.6 Å². The van der Waals surface area contributed by atoms with Gasteiger partial charge >= 0.3 is 0 Å². The molecule has 4 nitrogen and oxygen atoms in total. The predicted molar refractivity (Wildman–Crippen MR) is 63.1 cm³/mol. The molecule has 0 aromatic carbocycles. The average molecular weight is 245 g/mol. The SMILES string of the molecule is COCCOc1cc(Cl)nc(C(C)(C)C)n1. The Morgan fingerprint density at radius 3 is 2.50 bits per heavy atom. The van der Waals surface area contributed by atoms with Crippen LogP contribution in [-0.4, -0.2) is 30.3 Å². The molecule has 0 amide bonds. The first-order chi connectivity index (χ1) is 7.43. The fraction of sp³-hybridized carbons (Fsp3) is 0.636. The van der Waals surface area contributed by atoms with E-state index in [2.05, 4.69) is 9.97 Å². The first kappa shape index (κ1) is 13.2. The normalized spacial score (nSPS) is 11.6. The second kappa shape index (κ2) is 5.46. The number of nitrogens with zero attached hydrogens (tertiary/aromatic N) is 2. The molecule has 0 aliphatic carbocycles. The van der Waals surface area contributed by atoms with E-state index in [1.807, 2.05) is 20.8 Å². The van der Waals surface area contributed by atoms with Gasteiger partial charge in [-0.1, -0.05) is 32.4 Å². The van der Waals surface area contributed by atoms with Crippen molar-refractivity contribution >= 4 is 11.6 Å². The van der Waals surface area contributed by atoms with Crippen molar-refractivity contribution in [3.8, 4) is 5.88 Å². The van der Waals surface area contributed by atoms with Gasteiger partial charge in [-0.25, -0.2) is 4.98 Å². The van der Waals surface area contributed by atoms with Crippen molar-refractivity contribution < 1.29 is 9.47 Å². The van der Waals surface area contributed by atoms with E-state index in [4.69, 9.17) is 21.1 Å². The van der Waals surface area contributed by atoms with E-state index in [1.54, 1.807) is 13.2 Å². The minimum absolute atomic E-state index is 0.149. The summed E-state index contributed by atoms with van der Waals surface area (Å²) in [5.41, 5.74) is -0.149. The Bertz CT molecular complexity index is 350. The van der Waals surface area contributed by atoms with Gasteiger partial charge in [0.2, 0.25) is 5.88 Å². The molecule has 1 aromatic heterocycles. The maximum Gasteiger partial charge on any atom is 0.218 e. The van der Waals surface area contributed by atoms with E-state index >= 15 is 0 Å². The van der Waals surface area contributed by atoms with E-state index in [1.165, 1.54) is 0 Å². The molecule has 0 saturated heterocycles. The van der Waals surface area contributed by atoms with E-state index in [0.717, 1.165) is 0 Å². The lowest BCUT2D eigenvalue weighted by atomic mass is 9.96. The highest BCUT2D eigenvalue weighted by molar-refractivity contribution is 6.29. The van der Waals surface area contributed by atoms with Crippen LogP contribution < -0.4 is 4.74 Å². The van der Waals surface area contributed by atoms with Crippen LogP contribution in [0, 0.1) is 0 Å². The molecule has 0 aliphatic heterocycles. The lowest BCUT2D eigenvalue weighted by Gasteiger charge is -2.17. The van der Waals surface area contributed by atoms with Gasteiger partial charge in [0.1, 0.15) is 17.6 Å². The fourth-order valence-electron chi connectivity index (χ4n) is 1.04. The quantitative estimate of drug-likeness (QED) is 0.603. The predicted octanol–water partition coefficient (Wildman–Crippen LogP) is 2.45. The van der Waals surface area contributed by atoms with Crippen molar-refractivity contribution in [2.45, 2.75) is 26.2 Å². The first-order valence-corrected chi connectivity index (χ1v) is 5.48. The third-order valence-corrected chi connectivity index (χ3v) is 2.07. The molecule has 0 atom stereocenters. The summed E-state index contributed by atoms with van der Waals surface area (Å²) in [5.74, 6) is 1.16. The summed E-state index contributed by atoms with van der Waals surface area (Å²) in [6.45, 7) is 7.05. The minimum atomic E-state index is -0.149. The summed E-state index contributed by atoms with van der Waals surface area (Å²) in [4.78, 5) is 8.48. The van der Waals surface area contributed by atoms with Crippen molar-refractivity contribution in [3.05, 3.63) is 17.0 Å². The van der Waals surface area contributed by atoms with Gasteiger partial charge in [0.25, 0.3) is 0 Å². The Kier molecular flexibility index (Phi) is 4.50. The monoisotopic (exact) mass is 244 g/mol. The van der Waals surface area contributed by atoms with Crippen molar-refractivity contribution in [3.63, 3.8) is 0 Å². The summed E-state index contributed by atoms with van der Waals surface area (Å²) in [7, 11) is 1.62. The Morgan fingerprint density at radius 1 is 1.25 bits per heavy atom. The van der Waals surface area contributed by atoms with E-state index in [-0.39, 0.29) is 5.41 Å². The van der Waals surface area contributed by atoms with E-state index < -0.39 is 0 Å². The summed E-state index contributed by atoms with van der Waals surface area (Å²) in [5, 5.41) is 0.396. The van der Waals surface area contributed by atoms with E-state index in [0.29, 0.717) is 30.1 Å². The zero-order chi connectivity index (χ0) is 12.2. The van der Waals surface area contributed by atoms with Gasteiger partial charge in [-0.2, -0.15) is 4.98 Å². The molecule has 0 radical (unpaired) electrons. The van der Waals surface area contributed by atoms with Crippen molar-refractivity contribution in [1.29, 1.82) is 0 Å². The highest BCUT2D eigenvalue weighted by Gasteiger charge is 2.19.